The number of esters is 4. The van der Waals surface area contributed by atoms with Crippen LogP contribution in [0.5, 0.6) is 0 Å². The second-order valence-corrected chi connectivity index (χ2v) is 17.4. The van der Waals surface area contributed by atoms with E-state index in [1.165, 1.54) is 77.0 Å². The van der Waals surface area contributed by atoms with Crippen LogP contribution in [0, 0.1) is 0 Å². The van der Waals surface area contributed by atoms with Gasteiger partial charge in [-0.15, -0.1) is 0 Å². The molecule has 2 aliphatic heterocycles. The fraction of sp³-hybridized carbons (Fsp3) is 0.692. The van der Waals surface area contributed by atoms with E-state index in [9.17, 15) is 19.2 Å². The third kappa shape index (κ3) is 16.9. The standard InChI is InChI=1S/C52H80N2O8/c1-5-9-13-17-21-25-37-59-49(55)45-46(50(56)60-38-26-22-18-14-10-6-2)53(45)43-33-29-41(30-34-43)42-31-35-44(36-32-42)54-47(51(57)61-39-27-23-19-15-11-7-3)48(54)52(58)62-40-28-24-20-16-12-8-4/h29-36,45-48H,5-28,37-40H2,1-4H3/t45-,46+,47-,48+,53?,54?. The minimum atomic E-state index is -0.708. The van der Waals surface area contributed by atoms with Crippen molar-refractivity contribution in [3.8, 4) is 11.1 Å². The Morgan fingerprint density at radius 3 is 0.774 bits per heavy atom. The summed E-state index contributed by atoms with van der Waals surface area (Å²) < 4.78 is 22.8. The van der Waals surface area contributed by atoms with Crippen LogP contribution in [-0.4, -0.2) is 74.5 Å². The van der Waals surface area contributed by atoms with Crippen LogP contribution in [0.3, 0.4) is 0 Å². The summed E-state index contributed by atoms with van der Waals surface area (Å²) in [6.45, 7) is 10.2. The van der Waals surface area contributed by atoms with Crippen LogP contribution in [0.15, 0.2) is 48.5 Å². The van der Waals surface area contributed by atoms with E-state index in [2.05, 4.69) is 27.7 Å². The third-order valence-corrected chi connectivity index (χ3v) is 12.2. The summed E-state index contributed by atoms with van der Waals surface area (Å²) in [4.78, 5) is 56.9. The molecule has 0 saturated carbocycles. The number of hydrogen-bond acceptors (Lipinski definition) is 10. The van der Waals surface area contributed by atoms with Crippen molar-refractivity contribution in [2.75, 3.05) is 36.2 Å². The van der Waals surface area contributed by atoms with Crippen LogP contribution in [0.4, 0.5) is 11.4 Å². The van der Waals surface area contributed by atoms with Crippen molar-refractivity contribution in [3.05, 3.63) is 48.5 Å². The molecular formula is C52H80N2O8. The molecule has 0 aliphatic carbocycles. The number of anilines is 2. The lowest BCUT2D eigenvalue weighted by Gasteiger charge is -2.10. The molecule has 0 spiro atoms. The van der Waals surface area contributed by atoms with Crippen LogP contribution >= 0.6 is 0 Å². The Balaban J connectivity index is 1.37. The lowest BCUT2D eigenvalue weighted by Crippen LogP contribution is -2.21. The summed E-state index contributed by atoms with van der Waals surface area (Å²) in [6.07, 6.45) is 26.3. The van der Waals surface area contributed by atoms with Crippen molar-refractivity contribution in [1.29, 1.82) is 0 Å². The third-order valence-electron chi connectivity index (χ3n) is 12.2. The first-order valence-corrected chi connectivity index (χ1v) is 24.8. The predicted octanol–water partition coefficient (Wildman–Crippen LogP) is 12.1. The molecule has 2 saturated heterocycles. The number of unbranched alkanes of at least 4 members (excludes halogenated alkanes) is 20. The number of carbonyl (C=O) groups excluding carboxylic acids is 4. The van der Waals surface area contributed by atoms with Gasteiger partial charge < -0.3 is 28.7 Å². The van der Waals surface area contributed by atoms with E-state index < -0.39 is 24.2 Å². The zero-order valence-electron chi connectivity index (χ0n) is 38.9. The van der Waals surface area contributed by atoms with Crippen LogP contribution in [0.2, 0.25) is 0 Å². The SMILES string of the molecule is CCCCCCCCOC(=O)[C@@H]1[C@H](C(=O)OCCCCCCCC)N1c1ccc(-c2ccc(N3[C@H](C(=O)OCCCCCCCC)[C@@H]3C(=O)OCCCCCCCC)cc2)cc1. The van der Waals surface area contributed by atoms with E-state index in [0.29, 0.717) is 26.4 Å². The number of nitrogens with zero attached hydrogens (tertiary/aromatic N) is 2. The topological polar surface area (TPSA) is 111 Å². The Morgan fingerprint density at radius 1 is 0.339 bits per heavy atom. The van der Waals surface area contributed by atoms with Crippen molar-refractivity contribution >= 4 is 35.3 Å². The van der Waals surface area contributed by atoms with Crippen molar-refractivity contribution in [2.45, 2.75) is 206 Å². The molecule has 0 radical (unpaired) electrons. The average molecular weight is 861 g/mol. The maximum Gasteiger partial charge on any atom is 0.331 e. The molecule has 346 valence electrons. The molecule has 2 heterocycles. The molecule has 2 aromatic rings. The van der Waals surface area contributed by atoms with Gasteiger partial charge in [0.2, 0.25) is 0 Å². The van der Waals surface area contributed by atoms with Gasteiger partial charge in [0.15, 0.2) is 24.2 Å². The van der Waals surface area contributed by atoms with Gasteiger partial charge in [0.25, 0.3) is 0 Å². The highest BCUT2D eigenvalue weighted by Crippen LogP contribution is 2.40. The minimum absolute atomic E-state index is 0.351. The molecule has 4 rings (SSSR count). The molecule has 0 amide bonds. The van der Waals surface area contributed by atoms with Crippen LogP contribution < -0.4 is 9.80 Å². The largest absolute Gasteiger partial charge is 0.464 e. The lowest BCUT2D eigenvalue weighted by molar-refractivity contribution is -0.147. The van der Waals surface area contributed by atoms with Gasteiger partial charge in [-0.2, -0.15) is 0 Å². The summed E-state index contributed by atoms with van der Waals surface area (Å²) in [7, 11) is 0. The molecule has 4 atom stereocenters. The zero-order valence-corrected chi connectivity index (χ0v) is 38.9. The van der Waals surface area contributed by atoms with Crippen molar-refractivity contribution in [1.82, 2.24) is 0 Å². The summed E-state index contributed by atoms with van der Waals surface area (Å²) in [5, 5.41) is 0. The molecule has 0 bridgehead atoms. The molecule has 2 aliphatic rings. The number of rotatable bonds is 35. The zero-order chi connectivity index (χ0) is 44.4. The molecule has 0 aromatic heterocycles. The minimum Gasteiger partial charge on any atom is -0.464 e. The van der Waals surface area contributed by atoms with E-state index in [-0.39, 0.29) is 23.9 Å². The fourth-order valence-corrected chi connectivity index (χ4v) is 8.29. The highest BCUT2D eigenvalue weighted by molar-refractivity contribution is 6.02. The summed E-state index contributed by atoms with van der Waals surface area (Å²) >= 11 is 0. The van der Waals surface area contributed by atoms with E-state index in [1.54, 1.807) is 9.80 Å². The Kier molecular flexibility index (Phi) is 23.9. The normalized spacial score (nSPS) is 17.7. The van der Waals surface area contributed by atoms with Crippen molar-refractivity contribution in [2.24, 2.45) is 0 Å². The van der Waals surface area contributed by atoms with Gasteiger partial charge in [0.05, 0.1) is 26.4 Å². The van der Waals surface area contributed by atoms with E-state index >= 15 is 0 Å². The average Bonchev–Trinajstić information content (AvgIpc) is 4.22. The molecule has 0 N–H and O–H groups in total. The Morgan fingerprint density at radius 2 is 0.548 bits per heavy atom. The molecule has 10 heteroatoms. The molecule has 2 fully saturated rings. The number of hydrogen-bond donors (Lipinski definition) is 0. The highest BCUT2D eigenvalue weighted by Gasteiger charge is 2.60. The van der Waals surface area contributed by atoms with Gasteiger partial charge in [0.1, 0.15) is 0 Å². The van der Waals surface area contributed by atoms with Crippen LogP contribution in [-0.2, 0) is 38.1 Å². The maximum atomic E-state index is 13.3. The van der Waals surface area contributed by atoms with E-state index in [4.69, 9.17) is 18.9 Å². The quantitative estimate of drug-likeness (QED) is 0.0287. The van der Waals surface area contributed by atoms with Crippen LogP contribution in [0.1, 0.15) is 182 Å². The first kappa shape index (κ1) is 50.6. The van der Waals surface area contributed by atoms with Gasteiger partial charge in [-0.05, 0) is 61.1 Å². The fourth-order valence-electron chi connectivity index (χ4n) is 8.29. The second-order valence-electron chi connectivity index (χ2n) is 17.4. The Hall–Kier alpha value is -4.08. The van der Waals surface area contributed by atoms with E-state index in [1.807, 2.05) is 48.5 Å². The van der Waals surface area contributed by atoms with E-state index in [0.717, 1.165) is 99.6 Å². The number of carbonyl (C=O) groups is 4. The lowest BCUT2D eigenvalue weighted by atomic mass is 10.0. The monoisotopic (exact) mass is 861 g/mol. The summed E-state index contributed by atoms with van der Waals surface area (Å²) in [5.74, 6) is -1.54. The van der Waals surface area contributed by atoms with Gasteiger partial charge >= 0.3 is 23.9 Å². The predicted molar refractivity (Wildman–Crippen MR) is 249 cm³/mol. The van der Waals surface area contributed by atoms with Gasteiger partial charge in [-0.25, -0.2) is 19.2 Å². The molecule has 62 heavy (non-hydrogen) atoms. The second kappa shape index (κ2) is 29.3. The highest BCUT2D eigenvalue weighted by atomic mass is 16.6. The van der Waals surface area contributed by atoms with Crippen molar-refractivity contribution < 1.29 is 38.1 Å². The molecule has 2 aromatic carbocycles. The van der Waals surface area contributed by atoms with Gasteiger partial charge in [-0.3, -0.25) is 0 Å². The van der Waals surface area contributed by atoms with Crippen LogP contribution in [0.25, 0.3) is 11.1 Å². The maximum absolute atomic E-state index is 13.3. The van der Waals surface area contributed by atoms with Gasteiger partial charge in [-0.1, -0.05) is 180 Å². The first-order chi connectivity index (χ1) is 30.4. The molecule has 10 nitrogen and oxygen atoms in total. The molecule has 0 unspecified atom stereocenters. The van der Waals surface area contributed by atoms with Crippen molar-refractivity contribution in [3.63, 3.8) is 0 Å². The summed E-state index contributed by atoms with van der Waals surface area (Å²) in [5.41, 5.74) is 3.40. The number of benzene rings is 2. The molecular weight excluding hydrogens is 781 g/mol. The Labute approximate surface area is 374 Å². The first-order valence-electron chi connectivity index (χ1n) is 24.8. The number of ether oxygens (including phenoxy) is 4. The Bertz CT molecular complexity index is 1390. The summed E-state index contributed by atoms with van der Waals surface area (Å²) in [6, 6.07) is 12.8. The smallest absolute Gasteiger partial charge is 0.331 e. The van der Waals surface area contributed by atoms with Gasteiger partial charge in [0, 0.05) is 11.4 Å².